The second kappa shape index (κ2) is 16.1. The normalized spacial score (nSPS) is 21.6. The lowest BCUT2D eigenvalue weighted by Gasteiger charge is -2.44. The van der Waals surface area contributed by atoms with E-state index in [1.54, 1.807) is 7.11 Å². The van der Waals surface area contributed by atoms with Gasteiger partial charge in [0.15, 0.2) is 0 Å². The Morgan fingerprint density at radius 2 is 1.28 bits per heavy atom. The first-order valence-corrected chi connectivity index (χ1v) is 15.0. The standard InChI is InChI=1S/C34H35N3O5S/c1-38-28-19-17-27(18-20-28)23-41-33-31(36-37-35)34(43-29-15-9-4-10-16-29)42-30(24-39-21-25-11-5-2-6-12-25)32(33)40-22-26-13-7-3-8-14-26/h2-20,30-34H,21-24H2,1H3/t30?,31?,32-,33-,34-/m0/s1. The van der Waals surface area contributed by atoms with Gasteiger partial charge in [-0.2, -0.15) is 0 Å². The molecule has 43 heavy (non-hydrogen) atoms. The van der Waals surface area contributed by atoms with Crippen molar-refractivity contribution in [3.05, 3.63) is 142 Å². The summed E-state index contributed by atoms with van der Waals surface area (Å²) >= 11 is 1.50. The Morgan fingerprint density at radius 3 is 1.88 bits per heavy atom. The van der Waals surface area contributed by atoms with Gasteiger partial charge in [-0.3, -0.25) is 0 Å². The molecule has 4 aromatic carbocycles. The molecule has 0 N–H and O–H groups in total. The van der Waals surface area contributed by atoms with E-state index in [1.807, 2.05) is 115 Å². The van der Waals surface area contributed by atoms with E-state index in [0.29, 0.717) is 13.2 Å². The number of methoxy groups -OCH3 is 1. The number of rotatable bonds is 14. The molecule has 1 fully saturated rings. The van der Waals surface area contributed by atoms with Gasteiger partial charge >= 0.3 is 0 Å². The van der Waals surface area contributed by atoms with Gasteiger partial charge in [0.2, 0.25) is 0 Å². The van der Waals surface area contributed by atoms with Crippen molar-refractivity contribution in [3.63, 3.8) is 0 Å². The van der Waals surface area contributed by atoms with Gasteiger partial charge in [-0.1, -0.05) is 108 Å². The van der Waals surface area contributed by atoms with E-state index < -0.39 is 29.8 Å². The molecule has 0 radical (unpaired) electrons. The molecule has 5 atom stereocenters. The molecule has 0 amide bonds. The summed E-state index contributed by atoms with van der Waals surface area (Å²) in [7, 11) is 1.64. The number of thioether (sulfide) groups is 1. The minimum absolute atomic E-state index is 0.269. The molecule has 1 heterocycles. The highest BCUT2D eigenvalue weighted by molar-refractivity contribution is 7.99. The largest absolute Gasteiger partial charge is 0.497 e. The second-order valence-corrected chi connectivity index (χ2v) is 11.2. The number of nitrogens with zero attached hydrogens (tertiary/aromatic N) is 3. The first kappa shape index (κ1) is 30.6. The van der Waals surface area contributed by atoms with E-state index >= 15 is 0 Å². The molecule has 1 aliphatic rings. The minimum Gasteiger partial charge on any atom is -0.497 e. The van der Waals surface area contributed by atoms with Crippen molar-refractivity contribution in [3.8, 4) is 5.75 Å². The molecule has 0 bridgehead atoms. The van der Waals surface area contributed by atoms with Gasteiger partial charge in [-0.05, 0) is 46.5 Å². The number of hydrogen-bond donors (Lipinski definition) is 0. The Kier molecular flexibility index (Phi) is 11.5. The van der Waals surface area contributed by atoms with Crippen LogP contribution in [0.1, 0.15) is 16.7 Å². The molecule has 222 valence electrons. The van der Waals surface area contributed by atoms with Crippen LogP contribution in [-0.2, 0) is 38.8 Å². The van der Waals surface area contributed by atoms with Crippen molar-refractivity contribution in [2.24, 2.45) is 5.11 Å². The van der Waals surface area contributed by atoms with E-state index in [0.717, 1.165) is 27.3 Å². The van der Waals surface area contributed by atoms with Gasteiger partial charge in [-0.25, -0.2) is 0 Å². The van der Waals surface area contributed by atoms with Crippen LogP contribution in [0.25, 0.3) is 10.4 Å². The number of benzene rings is 4. The van der Waals surface area contributed by atoms with Gasteiger partial charge < -0.3 is 23.7 Å². The number of hydrogen-bond acceptors (Lipinski definition) is 7. The van der Waals surface area contributed by atoms with Gasteiger partial charge in [0.05, 0.1) is 39.6 Å². The lowest BCUT2D eigenvalue weighted by atomic mass is 9.97. The Morgan fingerprint density at radius 1 is 0.721 bits per heavy atom. The maximum Gasteiger partial charge on any atom is 0.119 e. The smallest absolute Gasteiger partial charge is 0.119 e. The first-order valence-electron chi connectivity index (χ1n) is 14.2. The zero-order valence-corrected chi connectivity index (χ0v) is 24.8. The van der Waals surface area contributed by atoms with Crippen molar-refractivity contribution in [1.29, 1.82) is 0 Å². The zero-order valence-electron chi connectivity index (χ0n) is 24.0. The molecule has 5 rings (SSSR count). The molecule has 4 aromatic rings. The summed E-state index contributed by atoms with van der Waals surface area (Å²) in [6, 6.07) is 36.9. The number of azide groups is 1. The molecule has 9 heteroatoms. The number of ether oxygens (including phenoxy) is 5. The third-order valence-electron chi connectivity index (χ3n) is 7.08. The summed E-state index contributed by atoms with van der Waals surface area (Å²) < 4.78 is 31.3. The van der Waals surface area contributed by atoms with Gasteiger partial charge in [0.1, 0.15) is 29.4 Å². The molecule has 1 aliphatic heterocycles. The summed E-state index contributed by atoms with van der Waals surface area (Å²) in [5.74, 6) is 0.765. The van der Waals surface area contributed by atoms with Crippen LogP contribution in [0.5, 0.6) is 5.75 Å². The Balaban J connectivity index is 1.43. The summed E-state index contributed by atoms with van der Waals surface area (Å²) in [5.41, 5.74) is 12.2. The van der Waals surface area contributed by atoms with Crippen molar-refractivity contribution < 1.29 is 23.7 Å². The predicted octanol–water partition coefficient (Wildman–Crippen LogP) is 7.58. The van der Waals surface area contributed by atoms with Crippen LogP contribution in [0.4, 0.5) is 0 Å². The van der Waals surface area contributed by atoms with Crippen LogP contribution < -0.4 is 4.74 Å². The van der Waals surface area contributed by atoms with Crippen LogP contribution >= 0.6 is 11.8 Å². The molecule has 1 saturated heterocycles. The average molecular weight is 598 g/mol. The lowest BCUT2D eigenvalue weighted by molar-refractivity contribution is -0.211. The van der Waals surface area contributed by atoms with Crippen LogP contribution in [0.15, 0.2) is 125 Å². The SMILES string of the molecule is COc1ccc(CO[C@H]2C(N=[N+]=[N-])[C@H](Sc3ccccc3)OC(COCc3ccccc3)[C@@H]2OCc2ccccc2)cc1. The van der Waals surface area contributed by atoms with Crippen molar-refractivity contribution >= 4 is 11.8 Å². The molecular weight excluding hydrogens is 562 g/mol. The second-order valence-electron chi connectivity index (χ2n) is 10.1. The summed E-state index contributed by atoms with van der Waals surface area (Å²) in [6.45, 7) is 1.33. The fourth-order valence-corrected chi connectivity index (χ4v) is 6.01. The Hall–Kier alpha value is -3.82. The van der Waals surface area contributed by atoms with E-state index in [9.17, 15) is 5.53 Å². The minimum atomic E-state index is -0.667. The molecule has 0 aromatic heterocycles. The summed E-state index contributed by atoms with van der Waals surface area (Å²) in [6.07, 6.45) is -1.67. The quantitative estimate of drug-likeness (QED) is 0.0845. The van der Waals surface area contributed by atoms with Crippen molar-refractivity contribution in [2.75, 3.05) is 13.7 Å². The van der Waals surface area contributed by atoms with E-state index in [1.165, 1.54) is 11.8 Å². The fraction of sp³-hybridized carbons (Fsp3) is 0.294. The fourth-order valence-electron chi connectivity index (χ4n) is 4.88. The Labute approximate surface area is 256 Å². The summed E-state index contributed by atoms with van der Waals surface area (Å²) in [5, 5.41) is 4.22. The molecule has 0 aliphatic carbocycles. The summed E-state index contributed by atoms with van der Waals surface area (Å²) in [4.78, 5) is 4.20. The van der Waals surface area contributed by atoms with Crippen molar-refractivity contribution in [2.45, 2.75) is 54.5 Å². The van der Waals surface area contributed by atoms with Crippen LogP contribution in [0, 0.1) is 0 Å². The van der Waals surface area contributed by atoms with E-state index in [-0.39, 0.29) is 13.2 Å². The topological polar surface area (TPSA) is 94.9 Å². The van der Waals surface area contributed by atoms with Crippen LogP contribution in [0.2, 0.25) is 0 Å². The van der Waals surface area contributed by atoms with E-state index in [4.69, 9.17) is 23.7 Å². The highest BCUT2D eigenvalue weighted by Crippen LogP contribution is 2.38. The predicted molar refractivity (Wildman–Crippen MR) is 167 cm³/mol. The van der Waals surface area contributed by atoms with Gasteiger partial charge in [0.25, 0.3) is 0 Å². The van der Waals surface area contributed by atoms with Gasteiger partial charge in [0, 0.05) is 9.81 Å². The molecule has 2 unspecified atom stereocenters. The third kappa shape index (κ3) is 8.84. The zero-order chi connectivity index (χ0) is 29.7. The molecular formula is C34H35N3O5S. The maximum atomic E-state index is 9.65. The lowest BCUT2D eigenvalue weighted by Crippen LogP contribution is -2.58. The highest BCUT2D eigenvalue weighted by Gasteiger charge is 2.47. The average Bonchev–Trinajstić information content (AvgIpc) is 3.06. The molecule has 8 nitrogen and oxygen atoms in total. The highest BCUT2D eigenvalue weighted by atomic mass is 32.2. The van der Waals surface area contributed by atoms with E-state index in [2.05, 4.69) is 10.0 Å². The van der Waals surface area contributed by atoms with Crippen LogP contribution in [0.3, 0.4) is 0 Å². The van der Waals surface area contributed by atoms with Crippen molar-refractivity contribution in [1.82, 2.24) is 0 Å². The monoisotopic (exact) mass is 597 g/mol. The Bertz CT molecular complexity index is 1420. The van der Waals surface area contributed by atoms with Gasteiger partial charge in [-0.15, -0.1) is 0 Å². The third-order valence-corrected chi connectivity index (χ3v) is 8.24. The molecule has 0 saturated carbocycles. The molecule has 0 spiro atoms. The maximum absolute atomic E-state index is 9.65. The van der Waals surface area contributed by atoms with Crippen LogP contribution in [-0.4, -0.2) is 43.5 Å². The first-order chi connectivity index (χ1) is 21.2.